The summed E-state index contributed by atoms with van der Waals surface area (Å²) >= 11 is 0. The number of piperidine rings is 1. The Balaban J connectivity index is 1.64. The van der Waals surface area contributed by atoms with E-state index < -0.39 is 11.7 Å². The zero-order valence-electron chi connectivity index (χ0n) is 17.5. The summed E-state index contributed by atoms with van der Waals surface area (Å²) in [6.07, 6.45) is 1.42. The van der Waals surface area contributed by atoms with Gasteiger partial charge in [0, 0.05) is 43.9 Å². The van der Waals surface area contributed by atoms with E-state index in [1.807, 2.05) is 4.90 Å². The molecular formula is C21H32N4O4. The van der Waals surface area contributed by atoms with Crippen LogP contribution in [0.1, 0.15) is 50.4 Å². The average molecular weight is 405 g/mol. The van der Waals surface area contributed by atoms with Crippen molar-refractivity contribution in [1.82, 2.24) is 15.5 Å². The van der Waals surface area contributed by atoms with Gasteiger partial charge in [-0.15, -0.1) is 0 Å². The highest BCUT2D eigenvalue weighted by atomic mass is 16.6. The van der Waals surface area contributed by atoms with Crippen LogP contribution in [-0.4, -0.2) is 54.6 Å². The number of ether oxygens (including phenoxy) is 1. The van der Waals surface area contributed by atoms with E-state index in [4.69, 9.17) is 10.5 Å². The number of hydrogen-bond acceptors (Lipinski definition) is 5. The minimum atomic E-state index is -0.556. The van der Waals surface area contributed by atoms with Crippen LogP contribution >= 0.6 is 0 Å². The molecule has 160 valence electrons. The second-order valence-corrected chi connectivity index (χ2v) is 8.33. The molecule has 8 heteroatoms. The average Bonchev–Trinajstić information content (AvgIpc) is 2.65. The normalized spacial score (nSPS) is 14.9. The van der Waals surface area contributed by atoms with Gasteiger partial charge in [0.15, 0.2) is 0 Å². The molecule has 29 heavy (non-hydrogen) atoms. The third kappa shape index (κ3) is 8.01. The van der Waals surface area contributed by atoms with Gasteiger partial charge in [-0.05, 0) is 63.8 Å². The molecule has 1 fully saturated rings. The molecule has 1 aromatic rings. The molecular weight excluding hydrogens is 372 g/mol. The molecule has 0 bridgehead atoms. The Hall–Kier alpha value is -2.77. The van der Waals surface area contributed by atoms with Gasteiger partial charge in [0.2, 0.25) is 5.91 Å². The van der Waals surface area contributed by atoms with Gasteiger partial charge >= 0.3 is 6.09 Å². The Bertz CT molecular complexity index is 704. The van der Waals surface area contributed by atoms with E-state index in [9.17, 15) is 14.4 Å². The van der Waals surface area contributed by atoms with Crippen molar-refractivity contribution in [3.05, 3.63) is 29.8 Å². The maximum Gasteiger partial charge on any atom is 0.407 e. The SMILES string of the molecule is CC(C)(C)OC(=O)NCCC(=O)N1CCC(CNC(=O)c2ccc(N)cc2)CC1. The summed E-state index contributed by atoms with van der Waals surface area (Å²) in [4.78, 5) is 37.9. The van der Waals surface area contributed by atoms with E-state index in [-0.39, 0.29) is 24.8 Å². The number of nitrogens with one attached hydrogen (secondary N) is 2. The summed E-state index contributed by atoms with van der Waals surface area (Å²) in [7, 11) is 0. The van der Waals surface area contributed by atoms with Crippen LogP contribution in [0.4, 0.5) is 10.5 Å². The Morgan fingerprint density at radius 3 is 2.31 bits per heavy atom. The molecule has 0 aliphatic carbocycles. The van der Waals surface area contributed by atoms with Crippen LogP contribution in [-0.2, 0) is 9.53 Å². The molecule has 0 aromatic heterocycles. The monoisotopic (exact) mass is 404 g/mol. The molecule has 1 aliphatic heterocycles. The van der Waals surface area contributed by atoms with E-state index in [2.05, 4.69) is 10.6 Å². The highest BCUT2D eigenvalue weighted by Crippen LogP contribution is 2.17. The van der Waals surface area contributed by atoms with Crippen molar-refractivity contribution in [2.45, 2.75) is 45.6 Å². The first-order valence-corrected chi connectivity index (χ1v) is 10.0. The Kier molecular flexibility index (Phi) is 7.87. The zero-order valence-corrected chi connectivity index (χ0v) is 17.5. The molecule has 0 saturated carbocycles. The lowest BCUT2D eigenvalue weighted by Crippen LogP contribution is -2.42. The third-order valence-electron chi connectivity index (χ3n) is 4.70. The van der Waals surface area contributed by atoms with Gasteiger partial charge in [-0.25, -0.2) is 4.79 Å². The first kappa shape index (κ1) is 22.5. The minimum absolute atomic E-state index is 0.0189. The van der Waals surface area contributed by atoms with Crippen LogP contribution in [0.2, 0.25) is 0 Å². The second kappa shape index (κ2) is 10.1. The van der Waals surface area contributed by atoms with Crippen molar-refractivity contribution >= 4 is 23.6 Å². The molecule has 0 spiro atoms. The number of benzene rings is 1. The fourth-order valence-corrected chi connectivity index (χ4v) is 3.10. The molecule has 1 saturated heterocycles. The molecule has 2 rings (SSSR count). The summed E-state index contributed by atoms with van der Waals surface area (Å²) in [5.74, 6) is 0.249. The van der Waals surface area contributed by atoms with Crippen LogP contribution in [0.15, 0.2) is 24.3 Å². The topological polar surface area (TPSA) is 114 Å². The summed E-state index contributed by atoms with van der Waals surface area (Å²) in [6.45, 7) is 7.54. The van der Waals surface area contributed by atoms with E-state index in [1.54, 1.807) is 45.0 Å². The molecule has 1 aromatic carbocycles. The highest BCUT2D eigenvalue weighted by molar-refractivity contribution is 5.94. The number of alkyl carbamates (subject to hydrolysis) is 1. The number of carbonyl (C=O) groups excluding carboxylic acids is 3. The van der Waals surface area contributed by atoms with Gasteiger partial charge in [-0.3, -0.25) is 9.59 Å². The van der Waals surface area contributed by atoms with Crippen LogP contribution in [0, 0.1) is 5.92 Å². The van der Waals surface area contributed by atoms with Crippen molar-refractivity contribution in [2.24, 2.45) is 5.92 Å². The van der Waals surface area contributed by atoms with E-state index in [0.29, 0.717) is 36.8 Å². The van der Waals surface area contributed by atoms with Gasteiger partial charge < -0.3 is 26.0 Å². The van der Waals surface area contributed by atoms with E-state index >= 15 is 0 Å². The number of nitrogens with two attached hydrogens (primary N) is 1. The molecule has 0 radical (unpaired) electrons. The molecule has 1 aliphatic rings. The van der Waals surface area contributed by atoms with Crippen molar-refractivity contribution in [2.75, 3.05) is 31.9 Å². The lowest BCUT2D eigenvalue weighted by atomic mass is 9.96. The molecule has 1 heterocycles. The van der Waals surface area contributed by atoms with Gasteiger partial charge in [0.05, 0.1) is 0 Å². The highest BCUT2D eigenvalue weighted by Gasteiger charge is 2.23. The Morgan fingerprint density at radius 2 is 1.72 bits per heavy atom. The maximum absolute atomic E-state index is 12.3. The Morgan fingerprint density at radius 1 is 1.10 bits per heavy atom. The third-order valence-corrected chi connectivity index (χ3v) is 4.70. The van der Waals surface area contributed by atoms with Crippen molar-refractivity contribution in [1.29, 1.82) is 0 Å². The lowest BCUT2D eigenvalue weighted by Gasteiger charge is -2.32. The molecule has 0 unspecified atom stereocenters. The molecule has 4 N–H and O–H groups in total. The van der Waals surface area contributed by atoms with Crippen LogP contribution in [0.3, 0.4) is 0 Å². The first-order valence-electron chi connectivity index (χ1n) is 10.0. The van der Waals surface area contributed by atoms with Crippen LogP contribution in [0.5, 0.6) is 0 Å². The predicted octanol–water partition coefficient (Wildman–Crippen LogP) is 2.15. The van der Waals surface area contributed by atoms with Crippen molar-refractivity contribution in [3.63, 3.8) is 0 Å². The first-order chi connectivity index (χ1) is 13.6. The second-order valence-electron chi connectivity index (χ2n) is 8.33. The predicted molar refractivity (Wildman–Crippen MR) is 111 cm³/mol. The summed E-state index contributed by atoms with van der Waals surface area (Å²) in [5.41, 5.74) is 6.29. The fourth-order valence-electron chi connectivity index (χ4n) is 3.10. The molecule has 3 amide bonds. The van der Waals surface area contributed by atoms with Crippen LogP contribution in [0.25, 0.3) is 0 Å². The number of carbonyl (C=O) groups is 3. The Labute approximate surface area is 172 Å². The number of hydrogen-bond donors (Lipinski definition) is 3. The quantitative estimate of drug-likeness (QED) is 0.629. The van der Waals surface area contributed by atoms with Gasteiger partial charge in [0.25, 0.3) is 5.91 Å². The van der Waals surface area contributed by atoms with Gasteiger partial charge in [-0.1, -0.05) is 0 Å². The van der Waals surface area contributed by atoms with Crippen molar-refractivity contribution < 1.29 is 19.1 Å². The van der Waals surface area contributed by atoms with E-state index in [0.717, 1.165) is 12.8 Å². The van der Waals surface area contributed by atoms with Gasteiger partial charge in [0.1, 0.15) is 5.60 Å². The van der Waals surface area contributed by atoms with Crippen LogP contribution < -0.4 is 16.4 Å². The van der Waals surface area contributed by atoms with Gasteiger partial charge in [-0.2, -0.15) is 0 Å². The number of anilines is 1. The fraction of sp³-hybridized carbons (Fsp3) is 0.571. The zero-order chi connectivity index (χ0) is 21.4. The largest absolute Gasteiger partial charge is 0.444 e. The standard InChI is InChI=1S/C21H32N4O4/c1-21(2,3)29-20(28)23-11-8-18(26)25-12-9-15(10-13-25)14-24-19(27)16-4-6-17(22)7-5-16/h4-7,15H,8-14,22H2,1-3H3,(H,23,28)(H,24,27). The maximum atomic E-state index is 12.3. The van der Waals surface area contributed by atoms with Crippen molar-refractivity contribution in [3.8, 4) is 0 Å². The smallest absolute Gasteiger partial charge is 0.407 e. The number of nitrogens with zero attached hydrogens (tertiary/aromatic N) is 1. The summed E-state index contributed by atoms with van der Waals surface area (Å²) in [5, 5.41) is 5.56. The number of amides is 3. The summed E-state index contributed by atoms with van der Waals surface area (Å²) in [6, 6.07) is 6.82. The number of nitrogen functional groups attached to an aromatic ring is 1. The summed E-state index contributed by atoms with van der Waals surface area (Å²) < 4.78 is 5.15. The minimum Gasteiger partial charge on any atom is -0.444 e. The lowest BCUT2D eigenvalue weighted by molar-refractivity contribution is -0.132. The molecule has 0 atom stereocenters. The molecule has 8 nitrogen and oxygen atoms in total. The number of rotatable bonds is 6. The van der Waals surface area contributed by atoms with E-state index in [1.165, 1.54) is 0 Å². The number of likely N-dealkylation sites (tertiary alicyclic amines) is 1.